The highest BCUT2D eigenvalue weighted by molar-refractivity contribution is 7.53. The molecule has 0 aromatic rings. The van der Waals surface area contributed by atoms with E-state index in [1.807, 2.05) is 13.8 Å². The van der Waals surface area contributed by atoms with Crippen LogP contribution in [0.1, 0.15) is 41.5 Å². The minimum absolute atomic E-state index is 0. The Balaban J connectivity index is -0.000000154. The van der Waals surface area contributed by atoms with Crippen LogP contribution in [-0.2, 0) is 36.7 Å². The van der Waals surface area contributed by atoms with Crippen LogP contribution in [0.15, 0.2) is 0 Å². The number of hydrogen-bond donors (Lipinski definition) is 0. The maximum atomic E-state index is 11.3. The van der Waals surface area contributed by atoms with Gasteiger partial charge in [-0.05, 0) is 12.8 Å². The molecule has 0 aliphatic rings. The van der Waals surface area contributed by atoms with Gasteiger partial charge in [0.1, 0.15) is 12.7 Å². The molecule has 0 atom stereocenters. The Bertz CT molecular complexity index is 291. The fourth-order valence-corrected chi connectivity index (χ4v) is 2.43. The highest BCUT2D eigenvalue weighted by Crippen LogP contribution is 2.46. The minimum Gasteiger partial charge on any atom is -0.369 e. The highest BCUT2D eigenvalue weighted by Gasteiger charge is 2.21. The van der Waals surface area contributed by atoms with Crippen molar-refractivity contribution in [2.24, 2.45) is 0 Å². The molecule has 0 saturated heterocycles. The lowest BCUT2D eigenvalue weighted by Gasteiger charge is -2.12. The standard InChI is InChI=1S/2C6H15O4P.2CH4/c2*1-4-5-10-6-11(7,8-2)9-3;;/h2*4-6H2,1-3H3;2*1H4. The third-order valence-electron chi connectivity index (χ3n) is 2.31. The van der Waals surface area contributed by atoms with Gasteiger partial charge in [-0.25, -0.2) is 0 Å². The first-order valence-electron chi connectivity index (χ1n) is 6.93. The zero-order valence-electron chi connectivity index (χ0n) is 14.4. The predicted octanol–water partition coefficient (Wildman–Crippen LogP) is 4.99. The monoisotopic (exact) mass is 396 g/mol. The van der Waals surface area contributed by atoms with E-state index in [1.165, 1.54) is 28.4 Å². The Morgan fingerprint density at radius 3 is 1.04 bits per heavy atom. The lowest BCUT2D eigenvalue weighted by Crippen LogP contribution is -2.00. The fourth-order valence-electron chi connectivity index (χ4n) is 1.00. The van der Waals surface area contributed by atoms with Crippen molar-refractivity contribution < 1.29 is 36.7 Å². The molecule has 0 radical (unpaired) electrons. The van der Waals surface area contributed by atoms with Crippen molar-refractivity contribution >= 4 is 15.2 Å². The van der Waals surface area contributed by atoms with Gasteiger partial charge in [0.25, 0.3) is 0 Å². The zero-order chi connectivity index (χ0) is 17.5. The van der Waals surface area contributed by atoms with Crippen LogP contribution in [0.5, 0.6) is 0 Å². The average Bonchev–Trinajstić information content (AvgIpc) is 2.55. The average molecular weight is 396 g/mol. The van der Waals surface area contributed by atoms with Crippen molar-refractivity contribution in [3.63, 3.8) is 0 Å². The summed E-state index contributed by atoms with van der Waals surface area (Å²) in [5, 5.41) is 0. The molecular formula is C14H38O8P2. The molecule has 0 aliphatic heterocycles. The van der Waals surface area contributed by atoms with Crippen LogP contribution in [0, 0.1) is 0 Å². The predicted molar refractivity (Wildman–Crippen MR) is 98.9 cm³/mol. The topological polar surface area (TPSA) is 89.5 Å². The first-order valence-corrected chi connectivity index (χ1v) is 10.4. The fraction of sp³-hybridized carbons (Fsp3) is 1.00. The van der Waals surface area contributed by atoms with Crippen LogP contribution in [-0.4, -0.2) is 54.3 Å². The van der Waals surface area contributed by atoms with E-state index in [1.54, 1.807) is 0 Å². The highest BCUT2D eigenvalue weighted by atomic mass is 31.2. The summed E-state index contributed by atoms with van der Waals surface area (Å²) in [7, 11) is -0.479. The van der Waals surface area contributed by atoms with Gasteiger partial charge >= 0.3 is 15.2 Å². The molecule has 0 aromatic carbocycles. The Hall–Kier alpha value is 0.220. The van der Waals surface area contributed by atoms with Gasteiger partial charge in [-0.2, -0.15) is 0 Å². The largest absolute Gasteiger partial charge is 0.369 e. The molecule has 0 heterocycles. The molecule has 0 saturated carbocycles. The Kier molecular flexibility index (Phi) is 26.0. The van der Waals surface area contributed by atoms with Gasteiger partial charge in [0.2, 0.25) is 0 Å². The molecule has 10 heteroatoms. The van der Waals surface area contributed by atoms with Crippen LogP contribution < -0.4 is 0 Å². The normalized spacial score (nSPS) is 10.9. The Labute approximate surface area is 148 Å². The van der Waals surface area contributed by atoms with E-state index >= 15 is 0 Å². The van der Waals surface area contributed by atoms with Crippen molar-refractivity contribution in [3.8, 4) is 0 Å². The maximum absolute atomic E-state index is 11.3. The van der Waals surface area contributed by atoms with E-state index in [9.17, 15) is 9.13 Å². The van der Waals surface area contributed by atoms with Gasteiger partial charge in [0.05, 0.1) is 0 Å². The summed E-state index contributed by atoms with van der Waals surface area (Å²) >= 11 is 0. The second-order valence-corrected chi connectivity index (χ2v) is 8.45. The van der Waals surface area contributed by atoms with Crippen LogP contribution in [0.25, 0.3) is 0 Å². The third kappa shape index (κ3) is 17.1. The minimum atomic E-state index is -2.93. The first-order chi connectivity index (χ1) is 10.4. The Morgan fingerprint density at radius 1 is 0.625 bits per heavy atom. The van der Waals surface area contributed by atoms with Crippen molar-refractivity contribution in [2.75, 3.05) is 54.3 Å². The van der Waals surface area contributed by atoms with Gasteiger partial charge in [-0.3, -0.25) is 9.13 Å². The lowest BCUT2D eigenvalue weighted by atomic mass is 10.5. The van der Waals surface area contributed by atoms with Gasteiger partial charge in [-0.15, -0.1) is 0 Å². The van der Waals surface area contributed by atoms with Crippen LogP contribution in [0.3, 0.4) is 0 Å². The van der Waals surface area contributed by atoms with Crippen LogP contribution in [0.4, 0.5) is 0 Å². The second kappa shape index (κ2) is 19.5. The van der Waals surface area contributed by atoms with Gasteiger partial charge in [0.15, 0.2) is 0 Å². The van der Waals surface area contributed by atoms with Gasteiger partial charge in [-0.1, -0.05) is 28.7 Å². The van der Waals surface area contributed by atoms with Crippen molar-refractivity contribution in [2.45, 2.75) is 41.5 Å². The van der Waals surface area contributed by atoms with Gasteiger partial charge < -0.3 is 27.6 Å². The smallest absolute Gasteiger partial charge is 0.355 e. The third-order valence-corrected chi connectivity index (χ3v) is 5.53. The quantitative estimate of drug-likeness (QED) is 0.337. The molecule has 0 spiro atoms. The number of rotatable bonds is 12. The molecule has 0 amide bonds. The van der Waals surface area contributed by atoms with E-state index in [-0.39, 0.29) is 27.5 Å². The van der Waals surface area contributed by atoms with Crippen LogP contribution >= 0.6 is 15.2 Å². The number of ether oxygens (including phenoxy) is 2. The molecule has 0 rings (SSSR count). The van der Waals surface area contributed by atoms with Crippen molar-refractivity contribution in [1.29, 1.82) is 0 Å². The summed E-state index contributed by atoms with van der Waals surface area (Å²) in [5.41, 5.74) is 0. The van der Waals surface area contributed by atoms with Crippen LogP contribution in [0.2, 0.25) is 0 Å². The molecule has 0 aliphatic carbocycles. The summed E-state index contributed by atoms with van der Waals surface area (Å²) in [6, 6.07) is 0. The molecule has 8 nitrogen and oxygen atoms in total. The summed E-state index contributed by atoms with van der Waals surface area (Å²) < 4.78 is 51.1. The molecule has 0 bridgehead atoms. The lowest BCUT2D eigenvalue weighted by molar-refractivity contribution is 0.145. The van der Waals surface area contributed by atoms with Crippen molar-refractivity contribution in [3.05, 3.63) is 0 Å². The second-order valence-electron chi connectivity index (χ2n) is 4.03. The van der Waals surface area contributed by atoms with Crippen molar-refractivity contribution in [1.82, 2.24) is 0 Å². The summed E-state index contributed by atoms with van der Waals surface area (Å²) in [6.07, 6.45) is 1.86. The molecular weight excluding hydrogens is 358 g/mol. The van der Waals surface area contributed by atoms with E-state index < -0.39 is 15.2 Å². The zero-order valence-corrected chi connectivity index (χ0v) is 16.2. The van der Waals surface area contributed by atoms with E-state index in [0.717, 1.165) is 12.8 Å². The Morgan fingerprint density at radius 2 is 0.875 bits per heavy atom. The molecule has 0 aromatic heterocycles. The molecule has 0 fully saturated rings. The van der Waals surface area contributed by atoms with Gasteiger partial charge in [0, 0.05) is 41.7 Å². The maximum Gasteiger partial charge on any atom is 0.355 e. The van der Waals surface area contributed by atoms with E-state index in [0.29, 0.717) is 13.2 Å². The first kappa shape index (κ1) is 31.9. The summed E-state index contributed by atoms with van der Waals surface area (Å²) in [4.78, 5) is 0. The molecule has 24 heavy (non-hydrogen) atoms. The number of hydrogen-bond acceptors (Lipinski definition) is 8. The SMILES string of the molecule is C.C.CCCOCP(=O)(OC)OC.CCCOCP(=O)(OC)OC. The molecule has 0 unspecified atom stereocenters. The summed E-state index contributed by atoms with van der Waals surface area (Å²) in [5.74, 6) is 0. The molecule has 0 N–H and O–H groups in total. The molecule has 152 valence electrons. The summed E-state index contributed by atoms with van der Waals surface area (Å²) in [6.45, 7) is 5.11. The van der Waals surface area contributed by atoms with E-state index in [4.69, 9.17) is 9.47 Å². The van der Waals surface area contributed by atoms with E-state index in [2.05, 4.69) is 18.1 Å².